The maximum atomic E-state index is 12.5. The first-order valence-corrected chi connectivity index (χ1v) is 6.70. The minimum absolute atomic E-state index is 0.621. The first kappa shape index (κ1) is 13.7. The fourth-order valence-corrected chi connectivity index (χ4v) is 2.66. The molecule has 0 saturated heterocycles. The molecule has 0 bridgehead atoms. The third-order valence-electron chi connectivity index (χ3n) is 3.72. The van der Waals surface area contributed by atoms with Crippen molar-refractivity contribution >= 4 is 17.3 Å². The van der Waals surface area contributed by atoms with E-state index in [1.807, 2.05) is 24.3 Å². The lowest BCUT2D eigenvalue weighted by Crippen LogP contribution is -2.03. The number of allylic oxidation sites excluding steroid dienone is 1. The van der Waals surface area contributed by atoms with E-state index in [4.69, 9.17) is 5.73 Å². The minimum atomic E-state index is -4.29. The number of anilines is 1. The van der Waals surface area contributed by atoms with Gasteiger partial charge in [0.1, 0.15) is 0 Å². The van der Waals surface area contributed by atoms with Crippen molar-refractivity contribution in [3.8, 4) is 0 Å². The van der Waals surface area contributed by atoms with Crippen LogP contribution in [-0.2, 0) is 12.6 Å². The van der Waals surface area contributed by atoms with Crippen molar-refractivity contribution in [3.05, 3.63) is 64.7 Å². The van der Waals surface area contributed by atoms with Crippen LogP contribution in [0.3, 0.4) is 0 Å². The molecule has 0 fully saturated rings. The highest BCUT2D eigenvalue weighted by atomic mass is 19.4. The Balaban J connectivity index is 1.91. The summed E-state index contributed by atoms with van der Waals surface area (Å²) in [4.78, 5) is 0. The second kappa shape index (κ2) is 4.95. The van der Waals surface area contributed by atoms with Crippen LogP contribution >= 0.6 is 0 Å². The van der Waals surface area contributed by atoms with Gasteiger partial charge in [-0.1, -0.05) is 24.3 Å². The lowest BCUT2D eigenvalue weighted by Gasteiger charge is -2.07. The van der Waals surface area contributed by atoms with E-state index in [1.54, 1.807) is 0 Å². The SMILES string of the molecule is Nc1ccc2c(c1)CC/C2=C\c1ccc(C(F)(F)F)cc1. The summed E-state index contributed by atoms with van der Waals surface area (Å²) in [5.74, 6) is 0. The molecule has 0 atom stereocenters. The molecular formula is C17H14F3N. The molecule has 1 aliphatic rings. The molecule has 2 N–H and O–H groups in total. The van der Waals surface area contributed by atoms with Gasteiger partial charge in [-0.15, -0.1) is 0 Å². The van der Waals surface area contributed by atoms with Crippen molar-refractivity contribution in [1.29, 1.82) is 0 Å². The van der Waals surface area contributed by atoms with Gasteiger partial charge < -0.3 is 5.73 Å². The van der Waals surface area contributed by atoms with E-state index in [9.17, 15) is 13.2 Å². The highest BCUT2D eigenvalue weighted by Crippen LogP contribution is 2.35. The van der Waals surface area contributed by atoms with Gasteiger partial charge in [0, 0.05) is 5.69 Å². The number of alkyl halides is 3. The summed E-state index contributed by atoms with van der Waals surface area (Å²) >= 11 is 0. The van der Waals surface area contributed by atoms with E-state index < -0.39 is 11.7 Å². The van der Waals surface area contributed by atoms with E-state index in [0.29, 0.717) is 0 Å². The minimum Gasteiger partial charge on any atom is -0.399 e. The van der Waals surface area contributed by atoms with Crippen LogP contribution in [0.2, 0.25) is 0 Å². The molecule has 3 rings (SSSR count). The molecule has 108 valence electrons. The molecule has 2 aromatic rings. The third-order valence-corrected chi connectivity index (χ3v) is 3.72. The maximum Gasteiger partial charge on any atom is 0.416 e. The molecule has 1 nitrogen and oxygen atoms in total. The molecule has 4 heteroatoms. The average molecular weight is 289 g/mol. The van der Waals surface area contributed by atoms with E-state index in [2.05, 4.69) is 0 Å². The molecule has 0 aromatic heterocycles. The number of hydrogen-bond acceptors (Lipinski definition) is 1. The van der Waals surface area contributed by atoms with E-state index >= 15 is 0 Å². The number of fused-ring (bicyclic) bond motifs is 1. The summed E-state index contributed by atoms with van der Waals surface area (Å²) in [5.41, 5.74) is 10.1. The molecule has 0 spiro atoms. The van der Waals surface area contributed by atoms with Gasteiger partial charge in [0.2, 0.25) is 0 Å². The Kier molecular flexibility index (Phi) is 3.24. The van der Waals surface area contributed by atoms with Gasteiger partial charge in [0.05, 0.1) is 5.56 Å². The summed E-state index contributed by atoms with van der Waals surface area (Å²) in [7, 11) is 0. The maximum absolute atomic E-state index is 12.5. The molecular weight excluding hydrogens is 275 g/mol. The number of halogens is 3. The van der Waals surface area contributed by atoms with E-state index in [-0.39, 0.29) is 0 Å². The first-order valence-electron chi connectivity index (χ1n) is 6.70. The van der Waals surface area contributed by atoms with Crippen LogP contribution in [-0.4, -0.2) is 0 Å². The van der Waals surface area contributed by atoms with Crippen LogP contribution in [0.15, 0.2) is 42.5 Å². The van der Waals surface area contributed by atoms with Crippen molar-refractivity contribution in [2.75, 3.05) is 5.73 Å². The topological polar surface area (TPSA) is 26.0 Å². The zero-order chi connectivity index (χ0) is 15.0. The number of rotatable bonds is 1. The number of benzene rings is 2. The Bertz CT molecular complexity index is 697. The van der Waals surface area contributed by atoms with Crippen LogP contribution in [0, 0.1) is 0 Å². The quantitative estimate of drug-likeness (QED) is 0.752. The molecule has 0 amide bonds. The number of nitrogen functional groups attached to an aromatic ring is 1. The van der Waals surface area contributed by atoms with Crippen molar-refractivity contribution in [2.45, 2.75) is 19.0 Å². The van der Waals surface area contributed by atoms with Gasteiger partial charge in [-0.2, -0.15) is 13.2 Å². The lowest BCUT2D eigenvalue weighted by atomic mass is 10.0. The molecule has 2 aromatic carbocycles. The standard InChI is InChI=1S/C17H14F3N/c18-17(19,20)14-5-1-11(2-6-14)9-12-3-4-13-10-15(21)7-8-16(12)13/h1-2,5-10H,3-4,21H2/b12-9+. The average Bonchev–Trinajstić information content (AvgIpc) is 2.80. The molecule has 21 heavy (non-hydrogen) atoms. The molecule has 0 unspecified atom stereocenters. The largest absolute Gasteiger partial charge is 0.416 e. The number of nitrogens with two attached hydrogens (primary N) is 1. The van der Waals surface area contributed by atoms with Crippen LogP contribution in [0.25, 0.3) is 11.6 Å². The Hall–Kier alpha value is -2.23. The summed E-state index contributed by atoms with van der Waals surface area (Å²) in [5, 5.41) is 0. The third kappa shape index (κ3) is 2.79. The van der Waals surface area contributed by atoms with Gasteiger partial charge in [0.25, 0.3) is 0 Å². The van der Waals surface area contributed by atoms with Crippen LogP contribution in [0.4, 0.5) is 18.9 Å². The summed E-state index contributed by atoms with van der Waals surface area (Å²) < 4.78 is 37.6. The Morgan fingerprint density at radius 1 is 0.952 bits per heavy atom. The van der Waals surface area contributed by atoms with Gasteiger partial charge >= 0.3 is 6.18 Å². The van der Waals surface area contributed by atoms with Gasteiger partial charge in [0.15, 0.2) is 0 Å². The van der Waals surface area contributed by atoms with Crippen molar-refractivity contribution in [2.24, 2.45) is 0 Å². The smallest absolute Gasteiger partial charge is 0.399 e. The highest BCUT2D eigenvalue weighted by Gasteiger charge is 2.29. The molecule has 0 aliphatic heterocycles. The van der Waals surface area contributed by atoms with Crippen molar-refractivity contribution in [3.63, 3.8) is 0 Å². The number of aryl methyl sites for hydroxylation is 1. The van der Waals surface area contributed by atoms with Gasteiger partial charge in [-0.05, 0) is 59.4 Å². The van der Waals surface area contributed by atoms with Crippen molar-refractivity contribution in [1.82, 2.24) is 0 Å². The molecule has 0 heterocycles. The normalized spacial score (nSPS) is 16.2. The van der Waals surface area contributed by atoms with Gasteiger partial charge in [-0.25, -0.2) is 0 Å². The monoisotopic (exact) mass is 289 g/mol. The van der Waals surface area contributed by atoms with Crippen LogP contribution in [0.1, 0.15) is 28.7 Å². The fraction of sp³-hybridized carbons (Fsp3) is 0.176. The Labute approximate surface area is 120 Å². The Morgan fingerprint density at radius 3 is 2.33 bits per heavy atom. The highest BCUT2D eigenvalue weighted by molar-refractivity contribution is 5.86. The zero-order valence-corrected chi connectivity index (χ0v) is 11.2. The predicted molar refractivity (Wildman–Crippen MR) is 78.5 cm³/mol. The molecule has 0 radical (unpaired) electrons. The van der Waals surface area contributed by atoms with Crippen LogP contribution < -0.4 is 5.73 Å². The van der Waals surface area contributed by atoms with E-state index in [1.165, 1.54) is 17.7 Å². The summed E-state index contributed by atoms with van der Waals surface area (Å²) in [6, 6.07) is 11.0. The van der Waals surface area contributed by atoms with Crippen molar-refractivity contribution < 1.29 is 13.2 Å². The van der Waals surface area contributed by atoms with Gasteiger partial charge in [-0.3, -0.25) is 0 Å². The van der Waals surface area contributed by atoms with Crippen LogP contribution in [0.5, 0.6) is 0 Å². The summed E-state index contributed by atoms with van der Waals surface area (Å²) in [6.45, 7) is 0. The molecule has 1 aliphatic carbocycles. The second-order valence-electron chi connectivity index (χ2n) is 5.21. The molecule has 0 saturated carbocycles. The predicted octanol–water partition coefficient (Wildman–Crippen LogP) is 4.77. The van der Waals surface area contributed by atoms with E-state index in [0.717, 1.165) is 47.4 Å². The lowest BCUT2D eigenvalue weighted by molar-refractivity contribution is -0.137. The number of hydrogen-bond donors (Lipinski definition) is 1. The first-order chi connectivity index (χ1) is 9.93. The Morgan fingerprint density at radius 2 is 1.67 bits per heavy atom. The summed E-state index contributed by atoms with van der Waals surface area (Å²) in [6.07, 6.45) is -0.530. The fourth-order valence-electron chi connectivity index (χ4n) is 2.66. The zero-order valence-electron chi connectivity index (χ0n) is 11.2. The second-order valence-corrected chi connectivity index (χ2v) is 5.21.